The fourth-order valence-corrected chi connectivity index (χ4v) is 0.960. The summed E-state index contributed by atoms with van der Waals surface area (Å²) in [6, 6.07) is 0. The van der Waals surface area contributed by atoms with Crippen LogP contribution < -0.4 is 0 Å². The lowest BCUT2D eigenvalue weighted by Gasteiger charge is -2.09. The summed E-state index contributed by atoms with van der Waals surface area (Å²) in [7, 11) is 0. The topological polar surface area (TPSA) is 74.2 Å². The van der Waals surface area contributed by atoms with Gasteiger partial charge in [0.25, 0.3) is 0 Å². The van der Waals surface area contributed by atoms with Gasteiger partial charge in [-0.05, 0) is 0 Å². The van der Waals surface area contributed by atoms with Crippen molar-refractivity contribution in [1.82, 2.24) is 0 Å². The Morgan fingerprint density at radius 1 is 1.29 bits per heavy atom. The van der Waals surface area contributed by atoms with Crippen molar-refractivity contribution >= 4 is 5.97 Å². The van der Waals surface area contributed by atoms with Gasteiger partial charge in [0.1, 0.15) is 6.61 Å². The molecule has 6 heteroatoms. The van der Waals surface area contributed by atoms with Gasteiger partial charge in [-0.2, -0.15) is 0 Å². The van der Waals surface area contributed by atoms with E-state index in [-0.39, 0.29) is 19.5 Å². The van der Waals surface area contributed by atoms with E-state index in [0.29, 0.717) is 26.4 Å². The van der Waals surface area contributed by atoms with Gasteiger partial charge in [-0.15, -0.1) is 0 Å². The van der Waals surface area contributed by atoms with Crippen LogP contribution in [-0.2, 0) is 23.7 Å². The highest BCUT2D eigenvalue weighted by molar-refractivity contribution is 5.67. The Morgan fingerprint density at radius 3 is 2.57 bits per heavy atom. The molecular weight excluding hydrogens is 192 g/mol. The van der Waals surface area contributed by atoms with E-state index in [0.717, 1.165) is 0 Å². The van der Waals surface area contributed by atoms with Crippen LogP contribution in [0.1, 0.15) is 0 Å². The number of aliphatic carboxylic acids is 1. The average molecular weight is 206 g/mol. The highest BCUT2D eigenvalue weighted by Crippen LogP contribution is 2.03. The standard InChI is InChI=1S/C8H14O6/c9-7(10)5-11-1-2-12-6-8-13-3-4-14-8/h8H,1-6H2,(H,9,10). The van der Waals surface area contributed by atoms with Gasteiger partial charge < -0.3 is 24.1 Å². The smallest absolute Gasteiger partial charge is 0.329 e. The largest absolute Gasteiger partial charge is 0.480 e. The van der Waals surface area contributed by atoms with Crippen LogP contribution in [-0.4, -0.2) is 57.0 Å². The quantitative estimate of drug-likeness (QED) is 0.565. The lowest BCUT2D eigenvalue weighted by atomic mass is 10.6. The van der Waals surface area contributed by atoms with Gasteiger partial charge in [0.15, 0.2) is 6.29 Å². The van der Waals surface area contributed by atoms with Crippen molar-refractivity contribution in [2.75, 3.05) is 39.6 Å². The van der Waals surface area contributed by atoms with Gasteiger partial charge in [-0.1, -0.05) is 0 Å². The Kier molecular flexibility index (Phi) is 5.46. The predicted molar refractivity (Wildman–Crippen MR) is 45.0 cm³/mol. The first kappa shape index (κ1) is 11.4. The molecule has 0 bridgehead atoms. The summed E-state index contributed by atoms with van der Waals surface area (Å²) in [5.74, 6) is -0.979. The summed E-state index contributed by atoms with van der Waals surface area (Å²) in [4.78, 5) is 10.0. The SMILES string of the molecule is O=C(O)COCCOCC1OCCO1. The first-order valence-electron chi connectivity index (χ1n) is 4.39. The van der Waals surface area contributed by atoms with Crippen LogP contribution in [0.25, 0.3) is 0 Å². The Hall–Kier alpha value is -0.690. The minimum atomic E-state index is -0.979. The number of hydrogen-bond acceptors (Lipinski definition) is 5. The molecule has 1 aliphatic heterocycles. The van der Waals surface area contributed by atoms with Crippen molar-refractivity contribution in [3.05, 3.63) is 0 Å². The van der Waals surface area contributed by atoms with Gasteiger partial charge in [0.2, 0.25) is 0 Å². The van der Waals surface area contributed by atoms with E-state index >= 15 is 0 Å². The van der Waals surface area contributed by atoms with Crippen LogP contribution in [0.4, 0.5) is 0 Å². The molecule has 0 aliphatic carbocycles. The Morgan fingerprint density at radius 2 is 1.93 bits per heavy atom. The maximum atomic E-state index is 10.0. The molecule has 1 N–H and O–H groups in total. The molecular formula is C8H14O6. The number of carbonyl (C=O) groups is 1. The van der Waals surface area contributed by atoms with Gasteiger partial charge in [-0.3, -0.25) is 0 Å². The number of carboxylic acids is 1. The number of rotatable bonds is 7. The van der Waals surface area contributed by atoms with Crippen LogP contribution in [0.15, 0.2) is 0 Å². The van der Waals surface area contributed by atoms with Crippen molar-refractivity contribution in [2.24, 2.45) is 0 Å². The van der Waals surface area contributed by atoms with Gasteiger partial charge in [-0.25, -0.2) is 4.79 Å². The fraction of sp³-hybridized carbons (Fsp3) is 0.875. The van der Waals surface area contributed by atoms with Crippen LogP contribution in [0.5, 0.6) is 0 Å². The molecule has 0 amide bonds. The molecule has 6 nitrogen and oxygen atoms in total. The van der Waals surface area contributed by atoms with Crippen LogP contribution >= 0.6 is 0 Å². The van der Waals surface area contributed by atoms with Crippen molar-refractivity contribution in [3.63, 3.8) is 0 Å². The molecule has 1 fully saturated rings. The molecule has 1 rings (SSSR count). The average Bonchev–Trinajstić information content (AvgIpc) is 2.63. The maximum Gasteiger partial charge on any atom is 0.329 e. The third-order valence-corrected chi connectivity index (χ3v) is 1.54. The zero-order chi connectivity index (χ0) is 10.2. The highest BCUT2D eigenvalue weighted by atomic mass is 16.7. The summed E-state index contributed by atoms with van der Waals surface area (Å²) in [6.45, 7) is 1.87. The monoisotopic (exact) mass is 206 g/mol. The van der Waals surface area contributed by atoms with Crippen LogP contribution in [0.3, 0.4) is 0 Å². The lowest BCUT2D eigenvalue weighted by molar-refractivity contribution is -0.143. The molecule has 0 radical (unpaired) electrons. The molecule has 0 aromatic rings. The van der Waals surface area contributed by atoms with E-state index in [1.54, 1.807) is 0 Å². The second-order valence-corrected chi connectivity index (χ2v) is 2.69. The Bertz CT molecular complexity index is 165. The zero-order valence-corrected chi connectivity index (χ0v) is 7.81. The molecule has 0 aromatic carbocycles. The highest BCUT2D eigenvalue weighted by Gasteiger charge is 2.15. The first-order valence-corrected chi connectivity index (χ1v) is 4.39. The molecule has 1 heterocycles. The lowest BCUT2D eigenvalue weighted by Crippen LogP contribution is -2.18. The summed E-state index contributed by atoms with van der Waals surface area (Å²) < 4.78 is 20.1. The second kappa shape index (κ2) is 6.72. The maximum absolute atomic E-state index is 10.0. The van der Waals surface area contributed by atoms with E-state index in [9.17, 15) is 4.79 Å². The van der Waals surface area contributed by atoms with E-state index in [1.165, 1.54) is 0 Å². The number of ether oxygens (including phenoxy) is 4. The van der Waals surface area contributed by atoms with Crippen molar-refractivity contribution in [1.29, 1.82) is 0 Å². The summed E-state index contributed by atoms with van der Waals surface area (Å²) >= 11 is 0. The zero-order valence-electron chi connectivity index (χ0n) is 7.81. The summed E-state index contributed by atoms with van der Waals surface area (Å²) in [6.07, 6.45) is -0.283. The van der Waals surface area contributed by atoms with Crippen molar-refractivity contribution in [2.45, 2.75) is 6.29 Å². The molecule has 0 unspecified atom stereocenters. The molecule has 0 atom stereocenters. The van der Waals surface area contributed by atoms with E-state index in [4.69, 9.17) is 24.1 Å². The molecule has 0 spiro atoms. The molecule has 82 valence electrons. The molecule has 1 saturated heterocycles. The molecule has 0 aromatic heterocycles. The predicted octanol–water partition coefficient (Wildman–Crippen LogP) is -0.523. The summed E-state index contributed by atoms with van der Waals surface area (Å²) in [5.41, 5.74) is 0. The van der Waals surface area contributed by atoms with E-state index in [2.05, 4.69) is 0 Å². The third kappa shape index (κ3) is 5.13. The van der Waals surface area contributed by atoms with E-state index < -0.39 is 5.97 Å². The Labute approximate surface area is 81.7 Å². The number of hydrogen-bond donors (Lipinski definition) is 1. The van der Waals surface area contributed by atoms with Gasteiger partial charge >= 0.3 is 5.97 Å². The van der Waals surface area contributed by atoms with Crippen molar-refractivity contribution < 1.29 is 28.8 Å². The minimum absolute atomic E-state index is 0.263. The van der Waals surface area contributed by atoms with Crippen LogP contribution in [0.2, 0.25) is 0 Å². The van der Waals surface area contributed by atoms with E-state index in [1.807, 2.05) is 0 Å². The first-order chi connectivity index (χ1) is 6.79. The second-order valence-electron chi connectivity index (χ2n) is 2.69. The molecule has 0 saturated carbocycles. The van der Waals surface area contributed by atoms with Gasteiger partial charge in [0, 0.05) is 0 Å². The van der Waals surface area contributed by atoms with Crippen molar-refractivity contribution in [3.8, 4) is 0 Å². The van der Waals surface area contributed by atoms with Crippen LogP contribution in [0, 0.1) is 0 Å². The minimum Gasteiger partial charge on any atom is -0.480 e. The summed E-state index contributed by atoms with van der Waals surface area (Å²) in [5, 5.41) is 8.24. The fourth-order valence-electron chi connectivity index (χ4n) is 0.960. The number of carboxylic acid groups (broad SMARTS) is 1. The Balaban J connectivity index is 1.82. The molecule has 14 heavy (non-hydrogen) atoms. The molecule has 1 aliphatic rings. The normalized spacial score (nSPS) is 17.4. The third-order valence-electron chi connectivity index (χ3n) is 1.54. The van der Waals surface area contributed by atoms with Gasteiger partial charge in [0.05, 0.1) is 33.0 Å².